The molecule has 0 bridgehead atoms. The highest BCUT2D eigenvalue weighted by molar-refractivity contribution is 6.07. The van der Waals surface area contributed by atoms with Crippen LogP contribution < -0.4 is 0 Å². The van der Waals surface area contributed by atoms with Gasteiger partial charge >= 0.3 is 11.9 Å². The van der Waals surface area contributed by atoms with E-state index < -0.39 is 17.9 Å². The summed E-state index contributed by atoms with van der Waals surface area (Å²) in [5.41, 5.74) is 9.45. The number of ketones is 2. The fourth-order valence-corrected chi connectivity index (χ4v) is 5.86. The average molecular weight is 674 g/mol. The molecule has 7 heteroatoms. The number of benzene rings is 4. The van der Waals surface area contributed by atoms with Crippen molar-refractivity contribution in [3.63, 3.8) is 0 Å². The highest BCUT2D eigenvalue weighted by Gasteiger charge is 2.28. The molecule has 260 valence electrons. The molecule has 0 spiro atoms. The van der Waals surface area contributed by atoms with E-state index >= 15 is 0 Å². The van der Waals surface area contributed by atoms with Gasteiger partial charge in [-0.2, -0.15) is 0 Å². The van der Waals surface area contributed by atoms with Crippen LogP contribution in [0.1, 0.15) is 85.3 Å². The number of carbonyl (C=O) groups is 4. The van der Waals surface area contributed by atoms with Crippen molar-refractivity contribution in [3.8, 4) is 0 Å². The van der Waals surface area contributed by atoms with E-state index in [0.29, 0.717) is 16.7 Å². The molecule has 0 aliphatic carbocycles. The molecular weight excluding hydrogens is 626 g/mol. The number of aromatic nitrogens is 1. The number of Topliss-reactive ketones (excluding diaryl/α,β-unsaturated/α-hetero) is 1. The molecule has 1 heterocycles. The third-order valence-corrected chi connectivity index (χ3v) is 8.23. The molecule has 1 unspecified atom stereocenters. The molecule has 5 rings (SSSR count). The molecule has 7 nitrogen and oxygen atoms in total. The van der Waals surface area contributed by atoms with Crippen molar-refractivity contribution >= 4 is 34.4 Å². The third-order valence-electron chi connectivity index (χ3n) is 8.23. The van der Waals surface area contributed by atoms with Crippen LogP contribution in [0, 0.1) is 41.5 Å². The number of nitrogens with zero attached hydrogens (tertiary/aromatic N) is 1. The van der Waals surface area contributed by atoms with Gasteiger partial charge in [-0.3, -0.25) is 14.4 Å². The first kappa shape index (κ1) is 38.9. The van der Waals surface area contributed by atoms with Crippen LogP contribution in [0.25, 0.3) is 10.9 Å². The van der Waals surface area contributed by atoms with Gasteiger partial charge in [0.1, 0.15) is 0 Å². The Morgan fingerprint density at radius 2 is 1.24 bits per heavy atom. The number of hydrogen-bond acceptors (Lipinski definition) is 4. The summed E-state index contributed by atoms with van der Waals surface area (Å²) in [5, 5.41) is 19.2. The summed E-state index contributed by atoms with van der Waals surface area (Å²) in [5.74, 6) is -3.36. The first-order valence-corrected chi connectivity index (χ1v) is 16.7. The highest BCUT2D eigenvalue weighted by Crippen LogP contribution is 2.32. The van der Waals surface area contributed by atoms with E-state index in [1.165, 1.54) is 11.1 Å². The molecule has 4 aromatic carbocycles. The van der Waals surface area contributed by atoms with Crippen LogP contribution in [0.3, 0.4) is 0 Å². The monoisotopic (exact) mass is 673 g/mol. The third kappa shape index (κ3) is 11.0. The lowest BCUT2D eigenvalue weighted by molar-refractivity contribution is -0.138. The lowest BCUT2D eigenvalue weighted by Crippen LogP contribution is -2.17. The lowest BCUT2D eigenvalue weighted by atomic mass is 9.90. The molecule has 0 aliphatic rings. The Kier molecular flexibility index (Phi) is 14.2. The Bertz CT molecular complexity index is 2000. The molecule has 0 saturated heterocycles. The van der Waals surface area contributed by atoms with Crippen molar-refractivity contribution in [2.45, 2.75) is 73.8 Å². The maximum atomic E-state index is 12.9. The van der Waals surface area contributed by atoms with Crippen LogP contribution in [-0.4, -0.2) is 38.3 Å². The molecule has 1 atom stereocenters. The van der Waals surface area contributed by atoms with E-state index in [0.717, 1.165) is 58.3 Å². The zero-order valence-corrected chi connectivity index (χ0v) is 30.0. The van der Waals surface area contributed by atoms with Gasteiger partial charge in [-0.1, -0.05) is 108 Å². The molecule has 0 aliphatic heterocycles. The molecule has 50 heavy (non-hydrogen) atoms. The van der Waals surface area contributed by atoms with E-state index in [2.05, 4.69) is 49.6 Å². The Balaban J connectivity index is 0.000000244. The Labute approximate surface area is 294 Å². The summed E-state index contributed by atoms with van der Waals surface area (Å²) in [6.45, 7) is 14.8. The summed E-state index contributed by atoms with van der Waals surface area (Å²) in [4.78, 5) is 46.7. The van der Waals surface area contributed by atoms with Gasteiger partial charge in [0.2, 0.25) is 0 Å². The summed E-state index contributed by atoms with van der Waals surface area (Å²) < 4.78 is 2.09. The quantitative estimate of drug-likeness (QED) is 0.113. The van der Waals surface area contributed by atoms with Crippen LogP contribution in [0.5, 0.6) is 0 Å². The van der Waals surface area contributed by atoms with Gasteiger partial charge in [-0.15, -0.1) is 0 Å². The molecule has 0 fully saturated rings. The number of allylic oxidation sites excluding steroid dienone is 1. The number of carbonyl (C=O) groups excluding carboxylic acids is 2. The van der Waals surface area contributed by atoms with Gasteiger partial charge in [0.05, 0.1) is 5.92 Å². The smallest absolute Gasteiger partial charge is 0.328 e. The van der Waals surface area contributed by atoms with Crippen LogP contribution >= 0.6 is 0 Å². The van der Waals surface area contributed by atoms with Crippen LogP contribution in [0.4, 0.5) is 0 Å². The number of carboxylic acids is 2. The van der Waals surface area contributed by atoms with E-state index in [1.807, 2.05) is 82.4 Å². The number of rotatable bonds is 10. The van der Waals surface area contributed by atoms with Crippen molar-refractivity contribution in [1.29, 1.82) is 0 Å². The van der Waals surface area contributed by atoms with Gasteiger partial charge in [0.15, 0.2) is 11.6 Å². The Morgan fingerprint density at radius 1 is 0.680 bits per heavy atom. The highest BCUT2D eigenvalue weighted by atomic mass is 16.4. The summed E-state index contributed by atoms with van der Waals surface area (Å²) in [6.07, 6.45) is 4.74. The number of carboxylic acid groups (broad SMARTS) is 2. The Hall–Kier alpha value is -5.56. The van der Waals surface area contributed by atoms with Gasteiger partial charge in [0, 0.05) is 47.3 Å². The first-order chi connectivity index (χ1) is 23.7. The standard InChI is InChI=1S/C23H25NO3.C12H12O3.C8H10/c1-4-11-24-14-20(18-7-5-6-8-21(18)24)19(23(26)27)13-22(25)17-10-9-15(2)12-16(17)3;1-8-3-4-10(9(2)7-8)11(13)5-6-12(14)15;1-7-4-3-5-8(2)6-7/h5-10,12,14,19H,4,11,13H2,1-3H3,(H,26,27);3-7H,1-2H3,(H,14,15);3-6H,1-2H3/b;6-5+;. The topological polar surface area (TPSA) is 114 Å². The van der Waals surface area contributed by atoms with E-state index in [1.54, 1.807) is 12.1 Å². The predicted molar refractivity (Wildman–Crippen MR) is 200 cm³/mol. The molecule has 5 aromatic rings. The molecule has 0 amide bonds. The van der Waals surface area contributed by atoms with Gasteiger partial charge in [-0.05, 0) is 76.8 Å². The second kappa shape index (κ2) is 18.3. The molecule has 1 aromatic heterocycles. The zero-order valence-electron chi connectivity index (χ0n) is 30.0. The largest absolute Gasteiger partial charge is 0.481 e. The predicted octanol–water partition coefficient (Wildman–Crippen LogP) is 9.54. The minimum absolute atomic E-state index is 0.0423. The van der Waals surface area contributed by atoms with Gasteiger partial charge in [-0.25, -0.2) is 4.79 Å². The van der Waals surface area contributed by atoms with Gasteiger partial charge < -0.3 is 14.8 Å². The van der Waals surface area contributed by atoms with Crippen molar-refractivity contribution in [1.82, 2.24) is 4.57 Å². The van der Waals surface area contributed by atoms with Crippen molar-refractivity contribution in [2.24, 2.45) is 0 Å². The van der Waals surface area contributed by atoms with Crippen molar-refractivity contribution in [3.05, 3.63) is 153 Å². The minimum Gasteiger partial charge on any atom is -0.481 e. The number of hydrogen-bond donors (Lipinski definition) is 2. The van der Waals surface area contributed by atoms with Crippen molar-refractivity contribution < 1.29 is 29.4 Å². The maximum Gasteiger partial charge on any atom is 0.328 e. The first-order valence-electron chi connectivity index (χ1n) is 16.7. The Morgan fingerprint density at radius 3 is 1.74 bits per heavy atom. The molecular formula is C43H47NO6. The van der Waals surface area contributed by atoms with Crippen LogP contribution in [0.15, 0.2) is 103 Å². The fourth-order valence-electron chi connectivity index (χ4n) is 5.86. The number of fused-ring (bicyclic) bond motifs is 1. The summed E-state index contributed by atoms with van der Waals surface area (Å²) in [7, 11) is 0. The SMILES string of the molecule is CCCn1cc(C(CC(=O)c2ccc(C)cc2C)C(=O)O)c2ccccc21.Cc1ccc(C(=O)/C=C/C(=O)O)c(C)c1.Cc1cccc(C)c1. The van der Waals surface area contributed by atoms with E-state index in [4.69, 9.17) is 5.11 Å². The number of aliphatic carboxylic acids is 2. The molecule has 0 saturated carbocycles. The molecule has 2 N–H and O–H groups in total. The maximum absolute atomic E-state index is 12.9. The second-order valence-electron chi connectivity index (χ2n) is 12.6. The van der Waals surface area contributed by atoms with Crippen LogP contribution in [0.2, 0.25) is 0 Å². The average Bonchev–Trinajstić information content (AvgIpc) is 3.41. The lowest BCUT2D eigenvalue weighted by Gasteiger charge is -2.13. The van der Waals surface area contributed by atoms with E-state index in [-0.39, 0.29) is 18.0 Å². The second-order valence-corrected chi connectivity index (χ2v) is 12.6. The number of para-hydroxylation sites is 1. The summed E-state index contributed by atoms with van der Waals surface area (Å²) in [6, 6.07) is 27.3. The van der Waals surface area contributed by atoms with E-state index in [9.17, 15) is 24.3 Å². The minimum atomic E-state index is -1.12. The summed E-state index contributed by atoms with van der Waals surface area (Å²) >= 11 is 0. The fraction of sp³-hybridized carbons (Fsp3) is 0.256. The zero-order chi connectivity index (χ0) is 37.0. The normalized spacial score (nSPS) is 11.3. The van der Waals surface area contributed by atoms with Crippen molar-refractivity contribution in [2.75, 3.05) is 0 Å². The van der Waals surface area contributed by atoms with Gasteiger partial charge in [0.25, 0.3) is 0 Å². The molecule has 0 radical (unpaired) electrons. The number of aryl methyl sites for hydroxylation is 7. The van der Waals surface area contributed by atoms with Crippen LogP contribution in [-0.2, 0) is 16.1 Å².